The number of rotatable bonds is 4. The average molecular weight is 312 g/mol. The molecule has 1 aliphatic carbocycles. The predicted molar refractivity (Wildman–Crippen MR) is 82.6 cm³/mol. The molecule has 1 aliphatic heterocycles. The van der Waals surface area contributed by atoms with E-state index >= 15 is 0 Å². The third-order valence-electron chi connectivity index (χ3n) is 4.76. The zero-order chi connectivity index (χ0) is 16.1. The molecule has 22 heavy (non-hydrogen) atoms. The monoisotopic (exact) mass is 312 g/mol. The van der Waals surface area contributed by atoms with Crippen molar-refractivity contribution in [2.24, 2.45) is 11.8 Å². The van der Waals surface area contributed by atoms with Crippen LogP contribution in [0.3, 0.4) is 0 Å². The van der Waals surface area contributed by atoms with Gasteiger partial charge in [-0.1, -0.05) is 0 Å². The second-order valence-electron chi connectivity index (χ2n) is 6.84. The van der Waals surface area contributed by atoms with Crippen LogP contribution in [0, 0.1) is 11.8 Å². The number of nitrogens with one attached hydrogen (secondary N) is 2. The molecule has 2 fully saturated rings. The number of carbonyl (C=O) groups excluding carboxylic acids is 1. The molecule has 1 heterocycles. The van der Waals surface area contributed by atoms with Crippen LogP contribution >= 0.6 is 0 Å². The summed E-state index contributed by atoms with van der Waals surface area (Å²) in [7, 11) is 0. The van der Waals surface area contributed by atoms with Crippen molar-refractivity contribution in [1.82, 2.24) is 10.6 Å². The highest BCUT2D eigenvalue weighted by Gasteiger charge is 2.27. The molecule has 0 spiro atoms. The molecule has 3 N–H and O–H groups in total. The number of hydrogen-bond donors (Lipinski definition) is 3. The van der Waals surface area contributed by atoms with E-state index in [4.69, 9.17) is 9.84 Å². The Hall–Kier alpha value is -1.30. The number of urea groups is 1. The maximum Gasteiger partial charge on any atom is 0.315 e. The van der Waals surface area contributed by atoms with Crippen LogP contribution in [0.5, 0.6) is 0 Å². The lowest BCUT2D eigenvalue weighted by atomic mass is 9.86. The van der Waals surface area contributed by atoms with Crippen LogP contribution in [0.2, 0.25) is 0 Å². The molecule has 126 valence electrons. The van der Waals surface area contributed by atoms with E-state index in [-0.39, 0.29) is 30.2 Å². The van der Waals surface area contributed by atoms with Crippen LogP contribution in [0.25, 0.3) is 0 Å². The standard InChI is InChI=1S/C16H28N2O4/c1-10-7-12(8-11(2)22-10)9-17-16(21)18-14-5-3-13(4-6-14)15(19)20/h10-14H,3-9H2,1-2H3,(H,19,20)(H2,17,18,21). The smallest absolute Gasteiger partial charge is 0.315 e. The highest BCUT2D eigenvalue weighted by atomic mass is 16.5. The zero-order valence-electron chi connectivity index (χ0n) is 13.5. The normalized spacial score (nSPS) is 35.6. The van der Waals surface area contributed by atoms with Gasteiger partial charge in [-0.15, -0.1) is 0 Å². The van der Waals surface area contributed by atoms with Crippen LogP contribution < -0.4 is 10.6 Å². The highest BCUT2D eigenvalue weighted by molar-refractivity contribution is 5.74. The van der Waals surface area contributed by atoms with Crippen molar-refractivity contribution in [3.05, 3.63) is 0 Å². The number of carboxylic acids is 1. The Balaban J connectivity index is 1.65. The minimum atomic E-state index is -0.717. The molecule has 0 aromatic heterocycles. The van der Waals surface area contributed by atoms with Gasteiger partial charge in [0.25, 0.3) is 0 Å². The fraction of sp³-hybridized carbons (Fsp3) is 0.875. The third kappa shape index (κ3) is 5.16. The summed E-state index contributed by atoms with van der Waals surface area (Å²) in [6.07, 6.45) is 5.26. The summed E-state index contributed by atoms with van der Waals surface area (Å²) in [5.74, 6) is -0.496. The minimum absolute atomic E-state index is 0.100. The van der Waals surface area contributed by atoms with E-state index in [2.05, 4.69) is 24.5 Å². The molecule has 2 rings (SSSR count). The molecule has 0 radical (unpaired) electrons. The van der Waals surface area contributed by atoms with E-state index in [1.165, 1.54) is 0 Å². The van der Waals surface area contributed by atoms with Gasteiger partial charge in [-0.2, -0.15) is 0 Å². The summed E-state index contributed by atoms with van der Waals surface area (Å²) in [6.45, 7) is 4.82. The van der Waals surface area contributed by atoms with Gasteiger partial charge in [-0.05, 0) is 58.3 Å². The summed E-state index contributed by atoms with van der Waals surface area (Å²) in [4.78, 5) is 22.9. The minimum Gasteiger partial charge on any atom is -0.481 e. The van der Waals surface area contributed by atoms with Crippen molar-refractivity contribution in [1.29, 1.82) is 0 Å². The van der Waals surface area contributed by atoms with Crippen molar-refractivity contribution < 1.29 is 19.4 Å². The van der Waals surface area contributed by atoms with Gasteiger partial charge in [0.1, 0.15) is 0 Å². The van der Waals surface area contributed by atoms with E-state index in [0.717, 1.165) is 25.7 Å². The number of amides is 2. The Bertz CT molecular complexity index is 384. The third-order valence-corrected chi connectivity index (χ3v) is 4.76. The predicted octanol–water partition coefficient (Wildman–Crippen LogP) is 2.13. The Morgan fingerprint density at radius 1 is 1.09 bits per heavy atom. The Labute approximate surface area is 132 Å². The highest BCUT2D eigenvalue weighted by Crippen LogP contribution is 2.25. The van der Waals surface area contributed by atoms with Gasteiger partial charge in [0.05, 0.1) is 18.1 Å². The van der Waals surface area contributed by atoms with Crippen LogP contribution in [0.15, 0.2) is 0 Å². The van der Waals surface area contributed by atoms with E-state index in [0.29, 0.717) is 25.3 Å². The number of carboxylic acid groups (broad SMARTS) is 1. The maximum absolute atomic E-state index is 12.0. The lowest BCUT2D eigenvalue weighted by Gasteiger charge is -2.32. The van der Waals surface area contributed by atoms with Crippen molar-refractivity contribution in [2.45, 2.75) is 70.6 Å². The van der Waals surface area contributed by atoms with Crippen LogP contribution in [-0.2, 0) is 9.53 Å². The quantitative estimate of drug-likeness (QED) is 0.742. The first kappa shape index (κ1) is 17.1. The molecular weight excluding hydrogens is 284 g/mol. The van der Waals surface area contributed by atoms with Gasteiger partial charge in [-0.25, -0.2) is 4.79 Å². The van der Waals surface area contributed by atoms with Crippen molar-refractivity contribution in [3.63, 3.8) is 0 Å². The second kappa shape index (κ2) is 7.81. The van der Waals surface area contributed by atoms with Crippen molar-refractivity contribution in [3.8, 4) is 0 Å². The van der Waals surface area contributed by atoms with E-state index in [1.807, 2.05) is 0 Å². The van der Waals surface area contributed by atoms with Gasteiger partial charge >= 0.3 is 12.0 Å². The first-order valence-electron chi connectivity index (χ1n) is 8.36. The van der Waals surface area contributed by atoms with Crippen LogP contribution in [-0.4, -0.2) is 41.9 Å². The zero-order valence-corrected chi connectivity index (χ0v) is 13.5. The van der Waals surface area contributed by atoms with E-state index in [9.17, 15) is 9.59 Å². The Morgan fingerprint density at radius 3 is 2.23 bits per heavy atom. The van der Waals surface area contributed by atoms with Gasteiger partial charge in [0.15, 0.2) is 0 Å². The SMILES string of the molecule is CC1CC(CNC(=O)NC2CCC(C(=O)O)CC2)CC(C)O1. The lowest BCUT2D eigenvalue weighted by molar-refractivity contribution is -0.142. The van der Waals surface area contributed by atoms with Crippen LogP contribution in [0.1, 0.15) is 52.4 Å². The van der Waals surface area contributed by atoms with Crippen molar-refractivity contribution in [2.75, 3.05) is 6.54 Å². The van der Waals surface area contributed by atoms with Crippen molar-refractivity contribution >= 4 is 12.0 Å². The number of aliphatic carboxylic acids is 1. The first-order chi connectivity index (χ1) is 10.4. The second-order valence-corrected chi connectivity index (χ2v) is 6.84. The molecule has 6 nitrogen and oxygen atoms in total. The topological polar surface area (TPSA) is 87.7 Å². The average Bonchev–Trinajstić information content (AvgIpc) is 2.45. The largest absolute Gasteiger partial charge is 0.481 e. The molecule has 6 heteroatoms. The molecule has 0 bridgehead atoms. The Kier molecular flexibility index (Phi) is 6.06. The molecule has 2 amide bonds. The number of carbonyl (C=O) groups is 2. The van der Waals surface area contributed by atoms with Gasteiger partial charge in [0, 0.05) is 12.6 Å². The maximum atomic E-state index is 12.0. The van der Waals surface area contributed by atoms with E-state index < -0.39 is 5.97 Å². The summed E-state index contributed by atoms with van der Waals surface area (Å²) in [5, 5.41) is 14.9. The molecule has 2 aliphatic rings. The number of hydrogen-bond acceptors (Lipinski definition) is 3. The van der Waals surface area contributed by atoms with E-state index in [1.54, 1.807) is 0 Å². The van der Waals surface area contributed by atoms with Gasteiger partial charge in [0.2, 0.25) is 0 Å². The number of ether oxygens (including phenoxy) is 1. The fourth-order valence-electron chi connectivity index (χ4n) is 3.67. The summed E-state index contributed by atoms with van der Waals surface area (Å²) in [6, 6.07) is -0.0336. The lowest BCUT2D eigenvalue weighted by Crippen LogP contribution is -2.46. The molecule has 2 unspecified atom stereocenters. The molecule has 0 aromatic rings. The van der Waals surface area contributed by atoms with Gasteiger partial charge in [-0.3, -0.25) is 4.79 Å². The molecule has 1 saturated heterocycles. The van der Waals surface area contributed by atoms with Gasteiger partial charge < -0.3 is 20.5 Å². The first-order valence-corrected chi connectivity index (χ1v) is 8.36. The molecular formula is C16H28N2O4. The summed E-state index contributed by atoms with van der Waals surface area (Å²) in [5.41, 5.74) is 0. The molecule has 2 atom stereocenters. The summed E-state index contributed by atoms with van der Waals surface area (Å²) >= 11 is 0. The molecule has 1 saturated carbocycles. The summed E-state index contributed by atoms with van der Waals surface area (Å²) < 4.78 is 5.70. The Morgan fingerprint density at radius 2 is 1.68 bits per heavy atom. The fourth-order valence-corrected chi connectivity index (χ4v) is 3.67. The van der Waals surface area contributed by atoms with Crippen LogP contribution in [0.4, 0.5) is 4.79 Å². The molecule has 0 aromatic carbocycles.